The zero-order valence-corrected chi connectivity index (χ0v) is 13.9. The molecule has 2 aromatic carbocycles. The van der Waals surface area contributed by atoms with Crippen LogP contribution >= 0.6 is 23.2 Å². The molecule has 0 spiro atoms. The van der Waals surface area contributed by atoms with Crippen LogP contribution in [0.1, 0.15) is 18.7 Å². The minimum Gasteiger partial charge on any atom is -0.383 e. The molecule has 116 valence electrons. The number of nitrogens with one attached hydrogen (secondary N) is 1. The minimum absolute atomic E-state index is 0.224. The fraction of sp³-hybridized carbons (Fsp3) is 0.176. The number of fused-ring (bicyclic) bond motifs is 3. The van der Waals surface area contributed by atoms with Crippen molar-refractivity contribution in [3.63, 3.8) is 0 Å². The van der Waals surface area contributed by atoms with Gasteiger partial charge in [-0.1, -0.05) is 42.3 Å². The van der Waals surface area contributed by atoms with Gasteiger partial charge in [-0.05, 0) is 30.3 Å². The summed E-state index contributed by atoms with van der Waals surface area (Å²) in [4.78, 5) is 0. The van der Waals surface area contributed by atoms with E-state index in [4.69, 9.17) is 23.2 Å². The fourth-order valence-corrected chi connectivity index (χ4v) is 3.23. The third-order valence-electron chi connectivity index (χ3n) is 4.01. The summed E-state index contributed by atoms with van der Waals surface area (Å²) in [5, 5.41) is 13.7. The van der Waals surface area contributed by atoms with Gasteiger partial charge in [-0.2, -0.15) is 0 Å². The molecular formula is C17H14Cl2N4. The SMILES string of the molecule is C[C@@H]1CNc2cc(Cl)ccc2-n2c(-c3cccc(Cl)c3)nnc21. The van der Waals surface area contributed by atoms with Crippen LogP contribution < -0.4 is 5.32 Å². The van der Waals surface area contributed by atoms with Gasteiger partial charge in [0.05, 0.1) is 11.4 Å². The molecule has 3 aromatic rings. The lowest BCUT2D eigenvalue weighted by molar-refractivity contribution is 0.725. The number of hydrogen-bond donors (Lipinski definition) is 1. The Bertz CT molecular complexity index is 888. The second-order valence-electron chi connectivity index (χ2n) is 5.67. The van der Waals surface area contributed by atoms with E-state index in [1.807, 2.05) is 42.5 Å². The molecule has 0 fully saturated rings. The van der Waals surface area contributed by atoms with Gasteiger partial charge < -0.3 is 5.32 Å². The number of nitrogens with zero attached hydrogens (tertiary/aromatic N) is 3. The number of rotatable bonds is 1. The highest BCUT2D eigenvalue weighted by Gasteiger charge is 2.25. The normalized spacial score (nSPS) is 16.2. The van der Waals surface area contributed by atoms with E-state index >= 15 is 0 Å². The van der Waals surface area contributed by atoms with Gasteiger partial charge in [0.25, 0.3) is 0 Å². The number of hydrogen-bond acceptors (Lipinski definition) is 3. The zero-order chi connectivity index (χ0) is 16.0. The van der Waals surface area contributed by atoms with Crippen LogP contribution in [-0.4, -0.2) is 21.3 Å². The fourth-order valence-electron chi connectivity index (χ4n) is 2.87. The van der Waals surface area contributed by atoms with Gasteiger partial charge in [0.15, 0.2) is 5.82 Å². The van der Waals surface area contributed by atoms with Crippen LogP contribution in [-0.2, 0) is 0 Å². The van der Waals surface area contributed by atoms with Crippen molar-refractivity contribution in [3.8, 4) is 17.1 Å². The molecule has 0 unspecified atom stereocenters. The maximum Gasteiger partial charge on any atom is 0.168 e. The molecule has 1 N–H and O–H groups in total. The van der Waals surface area contributed by atoms with Gasteiger partial charge in [-0.15, -0.1) is 10.2 Å². The number of aromatic nitrogens is 3. The van der Waals surface area contributed by atoms with Crippen molar-refractivity contribution >= 4 is 28.9 Å². The average Bonchev–Trinajstić information content (AvgIpc) is 2.92. The second-order valence-corrected chi connectivity index (χ2v) is 6.54. The summed E-state index contributed by atoms with van der Waals surface area (Å²) < 4.78 is 2.09. The first-order chi connectivity index (χ1) is 11.1. The van der Waals surface area contributed by atoms with Crippen molar-refractivity contribution in [2.24, 2.45) is 0 Å². The third kappa shape index (κ3) is 2.48. The maximum absolute atomic E-state index is 6.15. The topological polar surface area (TPSA) is 42.7 Å². The van der Waals surface area contributed by atoms with Crippen LogP contribution in [0.25, 0.3) is 17.1 Å². The Kier molecular flexibility index (Phi) is 3.51. The average molecular weight is 345 g/mol. The van der Waals surface area contributed by atoms with E-state index in [1.165, 1.54) is 0 Å². The summed E-state index contributed by atoms with van der Waals surface area (Å²) in [6.07, 6.45) is 0. The summed E-state index contributed by atoms with van der Waals surface area (Å²) in [6.45, 7) is 2.91. The lowest BCUT2D eigenvalue weighted by atomic mass is 10.1. The van der Waals surface area contributed by atoms with E-state index in [1.54, 1.807) is 0 Å². The lowest BCUT2D eigenvalue weighted by Crippen LogP contribution is -2.09. The molecule has 0 radical (unpaired) electrons. The minimum atomic E-state index is 0.224. The first kappa shape index (κ1) is 14.5. The first-order valence-electron chi connectivity index (χ1n) is 7.38. The zero-order valence-electron chi connectivity index (χ0n) is 12.4. The van der Waals surface area contributed by atoms with E-state index in [0.29, 0.717) is 10.0 Å². The lowest BCUT2D eigenvalue weighted by Gasteiger charge is -2.12. The van der Waals surface area contributed by atoms with Crippen molar-refractivity contribution in [3.05, 3.63) is 58.3 Å². The van der Waals surface area contributed by atoms with Crippen LogP contribution in [0.4, 0.5) is 5.69 Å². The van der Waals surface area contributed by atoms with Crippen LogP contribution in [0, 0.1) is 0 Å². The largest absolute Gasteiger partial charge is 0.383 e. The molecule has 0 saturated heterocycles. The number of anilines is 1. The smallest absolute Gasteiger partial charge is 0.168 e. The van der Waals surface area contributed by atoms with E-state index < -0.39 is 0 Å². The molecule has 23 heavy (non-hydrogen) atoms. The van der Waals surface area contributed by atoms with Crippen LogP contribution in [0.3, 0.4) is 0 Å². The van der Waals surface area contributed by atoms with Gasteiger partial charge in [-0.3, -0.25) is 4.57 Å². The van der Waals surface area contributed by atoms with Gasteiger partial charge in [0, 0.05) is 28.1 Å². The molecule has 4 rings (SSSR count). The number of benzene rings is 2. The predicted octanol–water partition coefficient (Wildman–Crippen LogP) is 4.77. The Morgan fingerprint density at radius 2 is 1.91 bits per heavy atom. The monoisotopic (exact) mass is 344 g/mol. The molecule has 1 aliphatic rings. The molecule has 4 nitrogen and oxygen atoms in total. The van der Waals surface area contributed by atoms with Gasteiger partial charge in [0.2, 0.25) is 0 Å². The van der Waals surface area contributed by atoms with Crippen molar-refractivity contribution in [2.75, 3.05) is 11.9 Å². The van der Waals surface area contributed by atoms with Crippen LogP contribution in [0.2, 0.25) is 10.0 Å². The molecule has 1 aliphatic heterocycles. The maximum atomic E-state index is 6.15. The molecular weight excluding hydrogens is 331 g/mol. The Morgan fingerprint density at radius 1 is 1.09 bits per heavy atom. The number of halogens is 2. The highest BCUT2D eigenvalue weighted by Crippen LogP contribution is 2.35. The van der Waals surface area contributed by atoms with Gasteiger partial charge in [0.1, 0.15) is 5.82 Å². The quantitative estimate of drug-likeness (QED) is 0.691. The summed E-state index contributed by atoms with van der Waals surface area (Å²) in [7, 11) is 0. The Hall–Kier alpha value is -2.04. The molecule has 0 bridgehead atoms. The van der Waals surface area contributed by atoms with Crippen molar-refractivity contribution in [2.45, 2.75) is 12.8 Å². The highest BCUT2D eigenvalue weighted by atomic mass is 35.5. The first-order valence-corrected chi connectivity index (χ1v) is 8.14. The standard InChI is InChI=1S/C17H14Cl2N4/c1-10-9-20-14-8-13(19)5-6-15(14)23-16(10)21-22-17(23)11-3-2-4-12(18)7-11/h2-8,10,20H,9H2,1H3/t10-/m1/s1. The van der Waals surface area contributed by atoms with Gasteiger partial charge >= 0.3 is 0 Å². The highest BCUT2D eigenvalue weighted by molar-refractivity contribution is 6.31. The predicted molar refractivity (Wildman–Crippen MR) is 93.7 cm³/mol. The van der Waals surface area contributed by atoms with Crippen LogP contribution in [0.5, 0.6) is 0 Å². The second kappa shape index (κ2) is 5.55. The molecule has 0 amide bonds. The molecule has 1 atom stereocenters. The molecule has 0 aliphatic carbocycles. The summed E-state index contributed by atoms with van der Waals surface area (Å²) in [5.74, 6) is 1.93. The summed E-state index contributed by atoms with van der Waals surface area (Å²) >= 11 is 12.3. The van der Waals surface area contributed by atoms with Gasteiger partial charge in [-0.25, -0.2) is 0 Å². The van der Waals surface area contributed by atoms with Crippen LogP contribution in [0.15, 0.2) is 42.5 Å². The molecule has 1 aromatic heterocycles. The van der Waals surface area contributed by atoms with E-state index in [0.717, 1.165) is 35.1 Å². The van der Waals surface area contributed by atoms with E-state index in [2.05, 4.69) is 27.0 Å². The Labute approximate surface area is 144 Å². The summed E-state index contributed by atoms with van der Waals surface area (Å²) in [6, 6.07) is 13.5. The molecule has 0 saturated carbocycles. The Morgan fingerprint density at radius 3 is 2.74 bits per heavy atom. The van der Waals surface area contributed by atoms with Crippen molar-refractivity contribution in [1.29, 1.82) is 0 Å². The molecule has 6 heteroatoms. The third-order valence-corrected chi connectivity index (χ3v) is 4.48. The van der Waals surface area contributed by atoms with Crippen molar-refractivity contribution in [1.82, 2.24) is 14.8 Å². The molecule has 2 heterocycles. The van der Waals surface area contributed by atoms with E-state index in [9.17, 15) is 0 Å². The Balaban J connectivity index is 1.99. The van der Waals surface area contributed by atoms with E-state index in [-0.39, 0.29) is 5.92 Å². The van der Waals surface area contributed by atoms with Crippen molar-refractivity contribution < 1.29 is 0 Å². The summed E-state index contributed by atoms with van der Waals surface area (Å²) in [5.41, 5.74) is 2.91.